The van der Waals surface area contributed by atoms with E-state index in [9.17, 15) is 4.79 Å². The van der Waals surface area contributed by atoms with E-state index in [1.165, 1.54) is 0 Å². The van der Waals surface area contributed by atoms with Crippen molar-refractivity contribution in [1.82, 2.24) is 14.8 Å². The Morgan fingerprint density at radius 1 is 1.21 bits per heavy atom. The molecule has 0 amide bonds. The maximum absolute atomic E-state index is 12.4. The first-order valence-corrected chi connectivity index (χ1v) is 8.68. The van der Waals surface area contributed by atoms with Crippen LogP contribution in [0.15, 0.2) is 55.0 Å². The van der Waals surface area contributed by atoms with Gasteiger partial charge in [-0.1, -0.05) is 36.3 Å². The van der Waals surface area contributed by atoms with Gasteiger partial charge >= 0.3 is 5.97 Å². The lowest BCUT2D eigenvalue weighted by Crippen LogP contribution is -2.10. The molecule has 0 atom stereocenters. The first kappa shape index (κ1) is 19.1. The number of terminal acetylenes is 1. The maximum Gasteiger partial charge on any atom is 0.342 e. The third kappa shape index (κ3) is 4.96. The molecule has 3 rings (SSSR count). The molecule has 0 fully saturated rings. The Morgan fingerprint density at radius 3 is 2.82 bits per heavy atom. The Labute approximate surface area is 163 Å². The van der Waals surface area contributed by atoms with Crippen molar-refractivity contribution in [2.75, 3.05) is 18.9 Å². The van der Waals surface area contributed by atoms with E-state index in [0.717, 1.165) is 16.7 Å². The van der Waals surface area contributed by atoms with Crippen LogP contribution in [0, 0.1) is 12.3 Å². The van der Waals surface area contributed by atoms with Crippen LogP contribution in [0.2, 0.25) is 0 Å². The summed E-state index contributed by atoms with van der Waals surface area (Å²) in [7, 11) is 0. The molecule has 0 radical (unpaired) electrons. The zero-order valence-electron chi connectivity index (χ0n) is 15.2. The van der Waals surface area contributed by atoms with Crippen LogP contribution in [0.4, 0.5) is 5.82 Å². The first-order chi connectivity index (χ1) is 13.7. The minimum Gasteiger partial charge on any atom is -0.457 e. The van der Waals surface area contributed by atoms with Gasteiger partial charge in [-0.05, 0) is 11.6 Å². The summed E-state index contributed by atoms with van der Waals surface area (Å²) in [6, 6.07) is 11.1. The van der Waals surface area contributed by atoms with Gasteiger partial charge in [-0.25, -0.2) is 9.78 Å². The molecule has 7 heteroatoms. The SMILES string of the molecule is C#CCOCCn1cc(-c2cnc(N)c(C(=O)OCc3ccccc3)c2)cn1. The van der Waals surface area contributed by atoms with Crippen molar-refractivity contribution in [3.63, 3.8) is 0 Å². The van der Waals surface area contributed by atoms with Crippen LogP contribution in [-0.4, -0.2) is 33.9 Å². The molecule has 0 unspecified atom stereocenters. The Kier molecular flexibility index (Phi) is 6.39. The van der Waals surface area contributed by atoms with Crippen molar-refractivity contribution in [3.05, 3.63) is 66.1 Å². The number of nitrogen functional groups attached to an aromatic ring is 1. The predicted molar refractivity (Wildman–Crippen MR) is 105 cm³/mol. The Hall–Kier alpha value is -3.63. The fourth-order valence-corrected chi connectivity index (χ4v) is 2.52. The quantitative estimate of drug-likeness (QED) is 0.369. The number of rotatable bonds is 8. The normalized spacial score (nSPS) is 10.4. The second kappa shape index (κ2) is 9.35. The number of nitrogens with zero attached hydrogens (tertiary/aromatic N) is 3. The van der Waals surface area contributed by atoms with Gasteiger partial charge in [0.1, 0.15) is 24.6 Å². The van der Waals surface area contributed by atoms with E-state index in [0.29, 0.717) is 13.2 Å². The average Bonchev–Trinajstić information content (AvgIpc) is 3.19. The van der Waals surface area contributed by atoms with Crippen molar-refractivity contribution in [3.8, 4) is 23.5 Å². The molecule has 0 aliphatic rings. The highest BCUT2D eigenvalue weighted by molar-refractivity contribution is 5.95. The number of ether oxygens (including phenoxy) is 2. The Bertz CT molecular complexity index is 977. The van der Waals surface area contributed by atoms with Gasteiger partial charge in [0.25, 0.3) is 0 Å². The van der Waals surface area contributed by atoms with E-state index in [4.69, 9.17) is 21.6 Å². The number of anilines is 1. The van der Waals surface area contributed by atoms with Crippen LogP contribution in [0.3, 0.4) is 0 Å². The highest BCUT2D eigenvalue weighted by Crippen LogP contribution is 2.22. The van der Waals surface area contributed by atoms with Crippen molar-refractivity contribution in [2.24, 2.45) is 0 Å². The highest BCUT2D eigenvalue weighted by atomic mass is 16.5. The average molecular weight is 376 g/mol. The molecule has 0 saturated carbocycles. The number of hydrogen-bond donors (Lipinski definition) is 1. The molecule has 0 saturated heterocycles. The number of aromatic nitrogens is 3. The standard InChI is InChI=1S/C21H20N4O3/c1-2-9-27-10-8-25-14-18(13-24-25)17-11-19(20(22)23-12-17)21(26)28-15-16-6-4-3-5-7-16/h1,3-7,11-14H,8-10,15H2,(H2,22,23). The summed E-state index contributed by atoms with van der Waals surface area (Å²) < 4.78 is 12.3. The molecule has 0 spiro atoms. The van der Waals surface area contributed by atoms with Crippen molar-refractivity contribution < 1.29 is 14.3 Å². The van der Waals surface area contributed by atoms with E-state index in [2.05, 4.69) is 16.0 Å². The molecule has 2 heterocycles. The van der Waals surface area contributed by atoms with Crippen LogP contribution in [0.25, 0.3) is 11.1 Å². The van der Waals surface area contributed by atoms with Crippen molar-refractivity contribution in [1.29, 1.82) is 0 Å². The van der Waals surface area contributed by atoms with Crippen LogP contribution in [0.5, 0.6) is 0 Å². The van der Waals surface area contributed by atoms with Gasteiger partial charge in [0.15, 0.2) is 0 Å². The molecule has 7 nitrogen and oxygen atoms in total. The zero-order valence-corrected chi connectivity index (χ0v) is 15.2. The molecule has 0 bridgehead atoms. The number of esters is 1. The van der Waals surface area contributed by atoms with Crippen molar-refractivity contribution in [2.45, 2.75) is 13.2 Å². The summed E-state index contributed by atoms with van der Waals surface area (Å²) in [6.45, 7) is 1.46. The molecule has 0 aliphatic carbocycles. The second-order valence-corrected chi connectivity index (χ2v) is 5.97. The van der Waals surface area contributed by atoms with Crippen LogP contribution < -0.4 is 5.73 Å². The van der Waals surface area contributed by atoms with Crippen molar-refractivity contribution >= 4 is 11.8 Å². The van der Waals surface area contributed by atoms with Gasteiger partial charge in [-0.15, -0.1) is 6.42 Å². The second-order valence-electron chi connectivity index (χ2n) is 5.97. The number of pyridine rings is 1. The zero-order chi connectivity index (χ0) is 19.8. The highest BCUT2D eigenvalue weighted by Gasteiger charge is 2.15. The van der Waals surface area contributed by atoms with Gasteiger partial charge in [0.2, 0.25) is 0 Å². The van der Waals surface area contributed by atoms with Crippen LogP contribution in [0.1, 0.15) is 15.9 Å². The van der Waals surface area contributed by atoms with Gasteiger partial charge in [-0.2, -0.15) is 5.10 Å². The minimum absolute atomic E-state index is 0.122. The lowest BCUT2D eigenvalue weighted by Gasteiger charge is -2.08. The largest absolute Gasteiger partial charge is 0.457 e. The number of benzene rings is 1. The van der Waals surface area contributed by atoms with E-state index >= 15 is 0 Å². The lowest BCUT2D eigenvalue weighted by atomic mass is 10.1. The lowest BCUT2D eigenvalue weighted by molar-refractivity contribution is 0.0473. The number of carbonyl (C=O) groups excluding carboxylic acids is 1. The molecule has 2 aromatic heterocycles. The minimum atomic E-state index is -0.522. The number of carbonyl (C=O) groups is 1. The third-order valence-corrected chi connectivity index (χ3v) is 3.97. The number of hydrogen-bond acceptors (Lipinski definition) is 6. The van der Waals surface area contributed by atoms with E-state index in [1.807, 2.05) is 36.5 Å². The van der Waals surface area contributed by atoms with Gasteiger partial charge in [0, 0.05) is 23.5 Å². The molecule has 28 heavy (non-hydrogen) atoms. The first-order valence-electron chi connectivity index (χ1n) is 8.68. The predicted octanol–water partition coefficient (Wildman–Crippen LogP) is 2.53. The molecule has 142 valence electrons. The smallest absolute Gasteiger partial charge is 0.342 e. The van der Waals surface area contributed by atoms with Gasteiger partial charge in [0.05, 0.1) is 19.3 Å². The topological polar surface area (TPSA) is 92.3 Å². The van der Waals surface area contributed by atoms with Gasteiger partial charge < -0.3 is 15.2 Å². The summed E-state index contributed by atoms with van der Waals surface area (Å²) in [5.74, 6) is 2.01. The van der Waals surface area contributed by atoms with E-state index < -0.39 is 5.97 Å². The monoisotopic (exact) mass is 376 g/mol. The van der Waals surface area contributed by atoms with Crippen LogP contribution in [-0.2, 0) is 22.6 Å². The molecular weight excluding hydrogens is 356 g/mol. The summed E-state index contributed by atoms with van der Waals surface area (Å²) in [4.78, 5) is 16.6. The fourth-order valence-electron chi connectivity index (χ4n) is 2.52. The summed E-state index contributed by atoms with van der Waals surface area (Å²) in [5.41, 5.74) is 8.51. The molecule has 2 N–H and O–H groups in total. The number of nitrogens with two attached hydrogens (primary N) is 1. The summed E-state index contributed by atoms with van der Waals surface area (Å²) in [6.07, 6.45) is 10.3. The molecule has 0 aliphatic heterocycles. The summed E-state index contributed by atoms with van der Waals surface area (Å²) in [5, 5.41) is 4.27. The molecule has 1 aromatic carbocycles. The van der Waals surface area contributed by atoms with Gasteiger partial charge in [-0.3, -0.25) is 4.68 Å². The van der Waals surface area contributed by atoms with Crippen LogP contribution >= 0.6 is 0 Å². The maximum atomic E-state index is 12.4. The third-order valence-electron chi connectivity index (χ3n) is 3.97. The summed E-state index contributed by atoms with van der Waals surface area (Å²) >= 11 is 0. The van der Waals surface area contributed by atoms with E-state index in [-0.39, 0.29) is 24.6 Å². The molecular formula is C21H20N4O3. The molecule has 3 aromatic rings. The van der Waals surface area contributed by atoms with E-state index in [1.54, 1.807) is 23.1 Å². The Balaban J connectivity index is 1.68. The fraction of sp³-hybridized carbons (Fsp3) is 0.190. The Morgan fingerprint density at radius 2 is 2.04 bits per heavy atom.